The molecule has 0 saturated carbocycles. The van der Waals surface area contributed by atoms with Crippen LogP contribution in [0.15, 0.2) is 48.5 Å². The molecule has 19 heavy (non-hydrogen) atoms. The highest BCUT2D eigenvalue weighted by atomic mass is 16.5. The van der Waals surface area contributed by atoms with Crippen molar-refractivity contribution in [1.82, 2.24) is 4.90 Å². The summed E-state index contributed by atoms with van der Waals surface area (Å²) in [4.78, 5) is 2.33. The van der Waals surface area contributed by atoms with E-state index < -0.39 is 0 Å². The summed E-state index contributed by atoms with van der Waals surface area (Å²) in [5, 5.41) is 0. The molecule has 0 N–H and O–H groups in total. The zero-order chi connectivity index (χ0) is 13.1. The Balaban J connectivity index is 1.74. The minimum atomic E-state index is 0.674. The van der Waals surface area contributed by atoms with E-state index >= 15 is 0 Å². The standard InChI is InChI=1S/C17H19NO/c1-2-14-8-9-17-16(10-14)12-18(13-19-17)11-15-6-4-3-5-7-15/h3-10H,2,11-13H2,1H3. The molecule has 2 aromatic rings. The van der Waals surface area contributed by atoms with Gasteiger partial charge < -0.3 is 4.74 Å². The maximum atomic E-state index is 5.83. The molecule has 1 aliphatic heterocycles. The molecular weight excluding hydrogens is 234 g/mol. The highest BCUT2D eigenvalue weighted by molar-refractivity contribution is 5.38. The van der Waals surface area contributed by atoms with E-state index in [0.29, 0.717) is 6.73 Å². The third-order valence-electron chi connectivity index (χ3n) is 3.58. The van der Waals surface area contributed by atoms with Crippen LogP contribution in [0, 0.1) is 0 Å². The van der Waals surface area contributed by atoms with Gasteiger partial charge in [-0.15, -0.1) is 0 Å². The van der Waals surface area contributed by atoms with Crippen LogP contribution in [-0.2, 0) is 19.5 Å². The molecule has 0 aromatic heterocycles. The van der Waals surface area contributed by atoms with E-state index in [0.717, 1.165) is 25.3 Å². The Labute approximate surface area is 114 Å². The molecule has 1 heterocycles. The maximum absolute atomic E-state index is 5.83. The van der Waals surface area contributed by atoms with Crippen molar-refractivity contribution in [2.75, 3.05) is 6.73 Å². The Morgan fingerprint density at radius 1 is 1.05 bits per heavy atom. The fourth-order valence-corrected chi connectivity index (χ4v) is 2.51. The smallest absolute Gasteiger partial charge is 0.142 e. The minimum Gasteiger partial charge on any atom is -0.478 e. The van der Waals surface area contributed by atoms with Crippen LogP contribution in [-0.4, -0.2) is 11.6 Å². The van der Waals surface area contributed by atoms with Gasteiger partial charge in [0.25, 0.3) is 0 Å². The summed E-state index contributed by atoms with van der Waals surface area (Å²) in [5.41, 5.74) is 4.02. The average Bonchev–Trinajstić information content (AvgIpc) is 2.47. The third kappa shape index (κ3) is 2.79. The Bertz CT molecular complexity index is 550. The second kappa shape index (κ2) is 5.45. The van der Waals surface area contributed by atoms with Gasteiger partial charge >= 0.3 is 0 Å². The van der Waals surface area contributed by atoms with Gasteiger partial charge in [0.05, 0.1) is 0 Å². The highest BCUT2D eigenvalue weighted by Gasteiger charge is 2.17. The molecule has 0 unspecified atom stereocenters. The van der Waals surface area contributed by atoms with Gasteiger partial charge in [-0.05, 0) is 23.6 Å². The summed E-state index contributed by atoms with van der Waals surface area (Å²) >= 11 is 0. The van der Waals surface area contributed by atoms with Gasteiger partial charge in [-0.1, -0.05) is 49.4 Å². The minimum absolute atomic E-state index is 0.674. The summed E-state index contributed by atoms with van der Waals surface area (Å²) in [6, 6.07) is 17.1. The molecule has 3 rings (SSSR count). The number of nitrogens with zero attached hydrogens (tertiary/aromatic N) is 1. The number of hydrogen-bond donors (Lipinski definition) is 0. The first-order chi connectivity index (χ1) is 9.35. The predicted octanol–water partition coefficient (Wildman–Crippen LogP) is 3.60. The monoisotopic (exact) mass is 253 g/mol. The highest BCUT2D eigenvalue weighted by Crippen LogP contribution is 2.26. The van der Waals surface area contributed by atoms with Crippen molar-refractivity contribution in [3.05, 3.63) is 65.2 Å². The lowest BCUT2D eigenvalue weighted by molar-refractivity contribution is 0.0886. The summed E-state index contributed by atoms with van der Waals surface area (Å²) < 4.78 is 5.83. The number of fused-ring (bicyclic) bond motifs is 1. The molecule has 0 fully saturated rings. The van der Waals surface area contributed by atoms with E-state index in [1.807, 2.05) is 0 Å². The Kier molecular flexibility index (Phi) is 3.51. The Morgan fingerprint density at radius 3 is 2.68 bits per heavy atom. The predicted molar refractivity (Wildman–Crippen MR) is 77.0 cm³/mol. The van der Waals surface area contributed by atoms with Crippen molar-refractivity contribution < 1.29 is 4.74 Å². The van der Waals surface area contributed by atoms with Crippen LogP contribution in [0.5, 0.6) is 5.75 Å². The van der Waals surface area contributed by atoms with Gasteiger partial charge in [0.2, 0.25) is 0 Å². The first-order valence-corrected chi connectivity index (χ1v) is 6.86. The zero-order valence-electron chi connectivity index (χ0n) is 11.3. The summed E-state index contributed by atoms with van der Waals surface area (Å²) in [7, 11) is 0. The second-order valence-corrected chi connectivity index (χ2v) is 5.04. The first-order valence-electron chi connectivity index (χ1n) is 6.86. The van der Waals surface area contributed by atoms with Gasteiger partial charge in [0.15, 0.2) is 0 Å². The molecule has 98 valence electrons. The van der Waals surface area contributed by atoms with Gasteiger partial charge in [-0.25, -0.2) is 0 Å². The molecule has 2 aromatic carbocycles. The van der Waals surface area contributed by atoms with Crippen LogP contribution < -0.4 is 4.74 Å². The molecule has 2 heteroatoms. The van der Waals surface area contributed by atoms with E-state index in [-0.39, 0.29) is 0 Å². The summed E-state index contributed by atoms with van der Waals surface area (Å²) in [5.74, 6) is 1.04. The Morgan fingerprint density at radius 2 is 1.89 bits per heavy atom. The molecule has 1 aliphatic rings. The fourth-order valence-electron chi connectivity index (χ4n) is 2.51. The van der Waals surface area contributed by atoms with Gasteiger partial charge in [-0.2, -0.15) is 0 Å². The number of rotatable bonds is 3. The SMILES string of the molecule is CCc1ccc2c(c1)CN(Cc1ccccc1)CO2. The molecule has 0 radical (unpaired) electrons. The van der Waals surface area contributed by atoms with E-state index in [1.54, 1.807) is 0 Å². The maximum Gasteiger partial charge on any atom is 0.142 e. The number of hydrogen-bond acceptors (Lipinski definition) is 2. The van der Waals surface area contributed by atoms with Crippen LogP contribution in [0.2, 0.25) is 0 Å². The van der Waals surface area contributed by atoms with Gasteiger partial charge in [0.1, 0.15) is 12.5 Å². The molecule has 0 aliphatic carbocycles. The van der Waals surface area contributed by atoms with Crippen LogP contribution in [0.3, 0.4) is 0 Å². The van der Waals surface area contributed by atoms with Gasteiger partial charge in [-0.3, -0.25) is 4.90 Å². The third-order valence-corrected chi connectivity index (χ3v) is 3.58. The van der Waals surface area contributed by atoms with Crippen molar-refractivity contribution in [2.45, 2.75) is 26.4 Å². The number of benzene rings is 2. The van der Waals surface area contributed by atoms with Crippen molar-refractivity contribution in [3.63, 3.8) is 0 Å². The van der Waals surface area contributed by atoms with Crippen LogP contribution >= 0.6 is 0 Å². The second-order valence-electron chi connectivity index (χ2n) is 5.04. The molecule has 0 amide bonds. The topological polar surface area (TPSA) is 12.5 Å². The van der Waals surface area contributed by atoms with E-state index in [1.165, 1.54) is 16.7 Å². The van der Waals surface area contributed by atoms with E-state index in [2.05, 4.69) is 60.4 Å². The molecule has 0 atom stereocenters. The van der Waals surface area contributed by atoms with Crippen molar-refractivity contribution in [2.24, 2.45) is 0 Å². The lowest BCUT2D eigenvalue weighted by Gasteiger charge is -2.29. The molecule has 0 bridgehead atoms. The molecular formula is C17H19NO. The number of aryl methyl sites for hydroxylation is 1. The Hall–Kier alpha value is -1.80. The van der Waals surface area contributed by atoms with E-state index in [4.69, 9.17) is 4.74 Å². The summed E-state index contributed by atoms with van der Waals surface area (Å²) in [6.07, 6.45) is 1.08. The molecule has 2 nitrogen and oxygen atoms in total. The van der Waals surface area contributed by atoms with Crippen molar-refractivity contribution in [1.29, 1.82) is 0 Å². The normalized spacial score (nSPS) is 14.8. The summed E-state index contributed by atoms with van der Waals surface area (Å²) in [6.45, 7) is 4.77. The van der Waals surface area contributed by atoms with Gasteiger partial charge in [0, 0.05) is 18.7 Å². The van der Waals surface area contributed by atoms with Crippen molar-refractivity contribution in [3.8, 4) is 5.75 Å². The number of ether oxygens (including phenoxy) is 1. The zero-order valence-corrected chi connectivity index (χ0v) is 11.3. The lowest BCUT2D eigenvalue weighted by Crippen LogP contribution is -2.31. The fraction of sp³-hybridized carbons (Fsp3) is 0.294. The molecule has 0 saturated heterocycles. The van der Waals surface area contributed by atoms with E-state index in [9.17, 15) is 0 Å². The van der Waals surface area contributed by atoms with Crippen LogP contribution in [0.4, 0.5) is 0 Å². The van der Waals surface area contributed by atoms with Crippen LogP contribution in [0.25, 0.3) is 0 Å². The first kappa shape index (κ1) is 12.2. The lowest BCUT2D eigenvalue weighted by atomic mass is 10.1. The largest absolute Gasteiger partial charge is 0.478 e. The quantitative estimate of drug-likeness (QED) is 0.828. The average molecular weight is 253 g/mol. The van der Waals surface area contributed by atoms with Crippen LogP contribution in [0.1, 0.15) is 23.6 Å². The molecule has 0 spiro atoms. The van der Waals surface area contributed by atoms with Crippen molar-refractivity contribution >= 4 is 0 Å².